The Morgan fingerprint density at radius 2 is 0.654 bits per heavy atom. The highest BCUT2D eigenvalue weighted by Crippen LogP contribution is 2.32. The number of hydrogen-bond acceptors (Lipinski definition) is 0. The van der Waals surface area contributed by atoms with E-state index in [0.29, 0.717) is 0 Å². The molecule has 0 aliphatic heterocycles. The Bertz CT molecular complexity index is 945. The summed E-state index contributed by atoms with van der Waals surface area (Å²) in [6.07, 6.45) is 0. The first-order valence-corrected chi connectivity index (χ1v) is 10.0. The highest BCUT2D eigenvalue weighted by molar-refractivity contribution is 9.11. The molecule has 126 valence electrons. The molecule has 0 bridgehead atoms. The summed E-state index contributed by atoms with van der Waals surface area (Å²) in [6.45, 7) is 0. The van der Waals surface area contributed by atoms with Crippen LogP contribution in [-0.2, 0) is 0 Å². The van der Waals surface area contributed by atoms with Gasteiger partial charge in [-0.05, 0) is 45.5 Å². The van der Waals surface area contributed by atoms with E-state index in [2.05, 4.69) is 117 Å². The Labute approximate surface area is 170 Å². The van der Waals surface area contributed by atoms with Gasteiger partial charge in [0.15, 0.2) is 0 Å². The topological polar surface area (TPSA) is 0 Å². The first-order valence-electron chi connectivity index (χ1n) is 8.43. The van der Waals surface area contributed by atoms with Crippen LogP contribution in [0.4, 0.5) is 0 Å². The normalized spacial score (nSPS) is 10.7. The van der Waals surface area contributed by atoms with Gasteiger partial charge in [-0.3, -0.25) is 0 Å². The lowest BCUT2D eigenvalue weighted by Crippen LogP contribution is -1.83. The second-order valence-electron chi connectivity index (χ2n) is 6.11. The van der Waals surface area contributed by atoms with Gasteiger partial charge in [-0.1, -0.05) is 117 Å². The third-order valence-electron chi connectivity index (χ3n) is 4.47. The molecule has 0 atom stereocenters. The smallest absolute Gasteiger partial charge is 0.0253 e. The molecule has 0 amide bonds. The van der Waals surface area contributed by atoms with E-state index < -0.39 is 0 Å². The predicted octanol–water partition coefficient (Wildman–Crippen LogP) is 8.21. The molecular formula is C24H16Br2. The van der Waals surface area contributed by atoms with Crippen LogP contribution in [0.5, 0.6) is 0 Å². The Kier molecular flexibility index (Phi) is 5.05. The molecule has 0 fully saturated rings. The molecular weight excluding hydrogens is 448 g/mol. The van der Waals surface area contributed by atoms with Crippen LogP contribution in [0.2, 0.25) is 0 Å². The fourth-order valence-corrected chi connectivity index (χ4v) is 4.10. The molecule has 4 rings (SSSR count). The number of rotatable bonds is 3. The fourth-order valence-electron chi connectivity index (χ4n) is 3.08. The van der Waals surface area contributed by atoms with Gasteiger partial charge in [-0.25, -0.2) is 0 Å². The number of halogens is 2. The monoisotopic (exact) mass is 462 g/mol. The Hall–Kier alpha value is -2.16. The van der Waals surface area contributed by atoms with E-state index in [4.69, 9.17) is 0 Å². The lowest BCUT2D eigenvalue weighted by Gasteiger charge is -2.08. The molecule has 4 aromatic rings. The van der Waals surface area contributed by atoms with Crippen molar-refractivity contribution < 1.29 is 0 Å². The van der Waals surface area contributed by atoms with Gasteiger partial charge in [0.2, 0.25) is 0 Å². The second kappa shape index (κ2) is 7.61. The van der Waals surface area contributed by atoms with Crippen molar-refractivity contribution in [2.24, 2.45) is 0 Å². The Morgan fingerprint density at radius 3 is 1.00 bits per heavy atom. The van der Waals surface area contributed by atoms with Gasteiger partial charge < -0.3 is 0 Å². The summed E-state index contributed by atoms with van der Waals surface area (Å²) >= 11 is 7.26. The predicted molar refractivity (Wildman–Crippen MR) is 118 cm³/mol. The van der Waals surface area contributed by atoms with Crippen molar-refractivity contribution in [3.05, 3.63) is 106 Å². The second-order valence-corrected chi connectivity index (χ2v) is 7.82. The van der Waals surface area contributed by atoms with Crippen molar-refractivity contribution in [3.63, 3.8) is 0 Å². The van der Waals surface area contributed by atoms with E-state index in [9.17, 15) is 0 Å². The first kappa shape index (κ1) is 17.3. The zero-order valence-corrected chi connectivity index (χ0v) is 17.2. The minimum absolute atomic E-state index is 1.12. The summed E-state index contributed by atoms with van der Waals surface area (Å²) in [7, 11) is 0. The molecule has 0 spiro atoms. The summed E-state index contributed by atoms with van der Waals surface area (Å²) in [4.78, 5) is 0. The highest BCUT2D eigenvalue weighted by atomic mass is 79.9. The summed E-state index contributed by atoms with van der Waals surface area (Å²) in [5.41, 5.74) is 7.29. The van der Waals surface area contributed by atoms with Gasteiger partial charge in [0.05, 0.1) is 0 Å². The van der Waals surface area contributed by atoms with Crippen LogP contribution in [0.3, 0.4) is 0 Å². The average molecular weight is 464 g/mol. The molecule has 4 aromatic carbocycles. The molecule has 2 heteroatoms. The maximum Gasteiger partial charge on any atom is 0.0253 e. The van der Waals surface area contributed by atoms with Gasteiger partial charge in [-0.2, -0.15) is 0 Å². The van der Waals surface area contributed by atoms with Crippen LogP contribution in [-0.4, -0.2) is 0 Å². The Balaban J connectivity index is 1.62. The Morgan fingerprint density at radius 1 is 0.346 bits per heavy atom. The third-order valence-corrected chi connectivity index (χ3v) is 5.86. The SMILES string of the molecule is Brc1ccccc1-c1ccc(-c2ccc(-c3ccccc3Br)cc2)cc1. The fraction of sp³-hybridized carbons (Fsp3) is 0. The highest BCUT2D eigenvalue weighted by Gasteiger charge is 2.05. The zero-order chi connectivity index (χ0) is 17.9. The van der Waals surface area contributed by atoms with Gasteiger partial charge in [0.1, 0.15) is 0 Å². The summed E-state index contributed by atoms with van der Waals surface area (Å²) in [5, 5.41) is 0. The third kappa shape index (κ3) is 3.53. The summed E-state index contributed by atoms with van der Waals surface area (Å²) < 4.78 is 2.23. The van der Waals surface area contributed by atoms with Gasteiger partial charge >= 0.3 is 0 Å². The number of hydrogen-bond donors (Lipinski definition) is 0. The van der Waals surface area contributed by atoms with Crippen molar-refractivity contribution >= 4 is 31.9 Å². The van der Waals surface area contributed by atoms with Crippen LogP contribution < -0.4 is 0 Å². The minimum Gasteiger partial charge on any atom is -0.0616 e. The van der Waals surface area contributed by atoms with E-state index in [0.717, 1.165) is 8.95 Å². The summed E-state index contributed by atoms with van der Waals surface area (Å²) in [6, 6.07) is 34.0. The van der Waals surface area contributed by atoms with Crippen molar-refractivity contribution in [1.82, 2.24) is 0 Å². The molecule has 0 N–H and O–H groups in total. The molecule has 0 nitrogen and oxygen atoms in total. The van der Waals surface area contributed by atoms with Crippen LogP contribution in [0.25, 0.3) is 33.4 Å². The standard InChI is InChI=1S/C24H16Br2/c25-23-7-3-1-5-21(23)19-13-9-17(10-14-19)18-11-15-20(16-12-18)22-6-2-4-8-24(22)26/h1-16H. The lowest BCUT2D eigenvalue weighted by atomic mass is 9.98. The van der Waals surface area contributed by atoms with Crippen LogP contribution >= 0.6 is 31.9 Å². The quantitative estimate of drug-likeness (QED) is 0.287. The number of benzene rings is 4. The van der Waals surface area contributed by atoms with E-state index in [1.54, 1.807) is 0 Å². The van der Waals surface area contributed by atoms with Crippen molar-refractivity contribution in [2.75, 3.05) is 0 Å². The lowest BCUT2D eigenvalue weighted by molar-refractivity contribution is 1.55. The van der Waals surface area contributed by atoms with Crippen molar-refractivity contribution in [1.29, 1.82) is 0 Å². The molecule has 0 radical (unpaired) electrons. The maximum absolute atomic E-state index is 3.63. The van der Waals surface area contributed by atoms with Crippen molar-refractivity contribution in [3.8, 4) is 33.4 Å². The molecule has 0 aliphatic carbocycles. The zero-order valence-electron chi connectivity index (χ0n) is 14.0. The largest absolute Gasteiger partial charge is 0.0616 e. The molecule has 0 aromatic heterocycles. The van der Waals surface area contributed by atoms with Crippen LogP contribution in [0, 0.1) is 0 Å². The van der Waals surface area contributed by atoms with E-state index in [1.807, 2.05) is 12.1 Å². The van der Waals surface area contributed by atoms with Gasteiger partial charge in [-0.15, -0.1) is 0 Å². The van der Waals surface area contributed by atoms with E-state index in [1.165, 1.54) is 33.4 Å². The van der Waals surface area contributed by atoms with Gasteiger partial charge in [0, 0.05) is 8.95 Å². The van der Waals surface area contributed by atoms with Crippen LogP contribution in [0.1, 0.15) is 0 Å². The molecule has 0 saturated carbocycles. The molecule has 26 heavy (non-hydrogen) atoms. The van der Waals surface area contributed by atoms with Gasteiger partial charge in [0.25, 0.3) is 0 Å². The summed E-state index contributed by atoms with van der Waals surface area (Å²) in [5.74, 6) is 0. The molecule has 0 aliphatic rings. The minimum atomic E-state index is 1.12. The van der Waals surface area contributed by atoms with E-state index >= 15 is 0 Å². The molecule has 0 unspecified atom stereocenters. The van der Waals surface area contributed by atoms with Crippen molar-refractivity contribution in [2.45, 2.75) is 0 Å². The maximum atomic E-state index is 3.63. The van der Waals surface area contributed by atoms with Crippen LogP contribution in [0.15, 0.2) is 106 Å². The molecule has 0 saturated heterocycles. The molecule has 0 heterocycles. The first-order chi connectivity index (χ1) is 12.7. The average Bonchev–Trinajstić information content (AvgIpc) is 2.69. The van der Waals surface area contributed by atoms with E-state index in [-0.39, 0.29) is 0 Å².